The van der Waals surface area contributed by atoms with Gasteiger partial charge in [0.05, 0.1) is 11.8 Å². The quantitative estimate of drug-likeness (QED) is 0.191. The second-order valence-corrected chi connectivity index (χ2v) is 17.7. The standard InChI is InChI=1S/C34H46BrN5O9S/c1-9-16-34(8,30(44)39-50(46,47)20-14-15-20)38-27(42)23-17-19(48-28-22-13-11-10-12-21(22)24(41)26(35)37-28)18-40(23)29(43)25(32(2,3)4)36-31(45)49-33(5,6)7/h9-13,19-20,23,25,41H,1,14-18H2,2-8H3,(H,36,45)(H,38,42)(H,39,44)/t19-,23-,25-,34+/m1/s1. The first-order chi connectivity index (χ1) is 23.1. The van der Waals surface area contributed by atoms with Crippen molar-refractivity contribution in [2.45, 2.75) is 109 Å². The summed E-state index contributed by atoms with van der Waals surface area (Å²) in [6.07, 6.45) is 0.445. The molecule has 2 aromatic rings. The van der Waals surface area contributed by atoms with E-state index in [9.17, 15) is 32.7 Å². The van der Waals surface area contributed by atoms with Gasteiger partial charge in [-0.05, 0) is 74.4 Å². The smallest absolute Gasteiger partial charge is 0.408 e. The van der Waals surface area contributed by atoms with Crippen LogP contribution in [0.4, 0.5) is 4.79 Å². The van der Waals surface area contributed by atoms with Crippen molar-refractivity contribution in [1.29, 1.82) is 0 Å². The lowest BCUT2D eigenvalue weighted by molar-refractivity contribution is -0.143. The number of carbonyl (C=O) groups is 4. The minimum Gasteiger partial charge on any atom is -0.505 e. The summed E-state index contributed by atoms with van der Waals surface area (Å²) in [5.41, 5.74) is -3.43. The highest BCUT2D eigenvalue weighted by atomic mass is 79.9. The molecule has 1 saturated carbocycles. The number of sulfonamides is 1. The topological polar surface area (TPSA) is 193 Å². The van der Waals surface area contributed by atoms with Crippen LogP contribution in [0, 0.1) is 5.41 Å². The number of ether oxygens (including phenoxy) is 2. The van der Waals surface area contributed by atoms with Gasteiger partial charge in [0.2, 0.25) is 27.7 Å². The fourth-order valence-electron chi connectivity index (χ4n) is 5.60. The number of pyridine rings is 1. The van der Waals surface area contributed by atoms with Gasteiger partial charge in [-0.3, -0.25) is 19.1 Å². The minimum atomic E-state index is -3.94. The second kappa shape index (κ2) is 14.4. The third kappa shape index (κ3) is 9.05. The van der Waals surface area contributed by atoms with Gasteiger partial charge in [0.25, 0.3) is 5.91 Å². The highest BCUT2D eigenvalue weighted by molar-refractivity contribution is 9.10. The van der Waals surface area contributed by atoms with Crippen molar-refractivity contribution in [2.75, 3.05) is 6.54 Å². The highest BCUT2D eigenvalue weighted by Gasteiger charge is 2.49. The normalized spacial score (nSPS) is 20.0. The zero-order chi connectivity index (χ0) is 37.4. The van der Waals surface area contributed by atoms with Gasteiger partial charge in [-0.25, -0.2) is 18.2 Å². The number of likely N-dealkylation sites (tertiary alicyclic amines) is 1. The fourth-order valence-corrected chi connectivity index (χ4v) is 7.38. The number of hydrogen-bond donors (Lipinski definition) is 4. The van der Waals surface area contributed by atoms with Crippen LogP contribution in [0.1, 0.15) is 74.1 Å². The molecule has 2 fully saturated rings. The zero-order valence-electron chi connectivity index (χ0n) is 29.3. The Kier molecular flexibility index (Phi) is 11.2. The molecule has 2 aliphatic rings. The molecule has 4 amide bonds. The molecule has 50 heavy (non-hydrogen) atoms. The van der Waals surface area contributed by atoms with Crippen LogP contribution in [0.25, 0.3) is 10.8 Å². The first-order valence-electron chi connectivity index (χ1n) is 16.3. The number of benzene rings is 1. The molecule has 4 atom stereocenters. The van der Waals surface area contributed by atoms with Crippen LogP contribution >= 0.6 is 15.9 Å². The van der Waals surface area contributed by atoms with Crippen LogP contribution in [0.15, 0.2) is 41.5 Å². The zero-order valence-corrected chi connectivity index (χ0v) is 31.7. The Morgan fingerprint density at radius 3 is 2.28 bits per heavy atom. The summed E-state index contributed by atoms with van der Waals surface area (Å²) in [6.45, 7) is 15.3. The van der Waals surface area contributed by atoms with E-state index in [1.165, 1.54) is 17.9 Å². The molecular weight excluding hydrogens is 734 g/mol. The number of nitrogens with zero attached hydrogens (tertiary/aromatic N) is 2. The van der Waals surface area contributed by atoms with E-state index in [0.717, 1.165) is 0 Å². The van der Waals surface area contributed by atoms with Gasteiger partial charge >= 0.3 is 6.09 Å². The average Bonchev–Trinajstić information content (AvgIpc) is 3.78. The van der Waals surface area contributed by atoms with Gasteiger partial charge in [-0.2, -0.15) is 0 Å². The predicted molar refractivity (Wildman–Crippen MR) is 190 cm³/mol. The van der Waals surface area contributed by atoms with Gasteiger partial charge in [0.15, 0.2) is 10.4 Å². The van der Waals surface area contributed by atoms with Crippen molar-refractivity contribution >= 4 is 60.5 Å². The lowest BCUT2D eigenvalue weighted by Crippen LogP contribution is -2.62. The summed E-state index contributed by atoms with van der Waals surface area (Å²) in [5.74, 6) is -2.24. The third-order valence-corrected chi connectivity index (χ3v) is 10.7. The number of fused-ring (bicyclic) bond motifs is 1. The van der Waals surface area contributed by atoms with Crippen LogP contribution in [-0.4, -0.2) is 88.3 Å². The second-order valence-electron chi connectivity index (χ2n) is 15.0. The number of hydrogen-bond acceptors (Lipinski definition) is 10. The molecule has 1 aliphatic heterocycles. The Labute approximate surface area is 300 Å². The number of alkyl carbamates (subject to hydrolysis) is 1. The summed E-state index contributed by atoms with van der Waals surface area (Å²) in [7, 11) is -3.94. The van der Waals surface area contributed by atoms with Gasteiger partial charge < -0.3 is 30.1 Å². The summed E-state index contributed by atoms with van der Waals surface area (Å²) in [6, 6.07) is 4.51. The number of amides is 4. The number of aromatic hydroxyl groups is 1. The largest absolute Gasteiger partial charge is 0.505 e. The number of nitrogens with one attached hydrogen (secondary N) is 3. The van der Waals surface area contributed by atoms with Gasteiger partial charge in [0, 0.05) is 17.2 Å². The van der Waals surface area contributed by atoms with E-state index in [0.29, 0.717) is 23.6 Å². The van der Waals surface area contributed by atoms with Crippen molar-refractivity contribution in [1.82, 2.24) is 25.2 Å². The van der Waals surface area contributed by atoms with Crippen molar-refractivity contribution in [2.24, 2.45) is 5.41 Å². The Morgan fingerprint density at radius 1 is 1.10 bits per heavy atom. The van der Waals surface area contributed by atoms with Gasteiger partial charge in [-0.1, -0.05) is 45.0 Å². The van der Waals surface area contributed by atoms with Crippen LogP contribution in [-0.2, 0) is 29.1 Å². The molecule has 274 valence electrons. The molecule has 4 rings (SSSR count). The molecule has 16 heteroatoms. The first kappa shape index (κ1) is 38.9. The van der Waals surface area contributed by atoms with Crippen molar-refractivity contribution < 1.29 is 42.2 Å². The highest BCUT2D eigenvalue weighted by Crippen LogP contribution is 2.38. The maximum absolute atomic E-state index is 14.4. The molecule has 2 heterocycles. The summed E-state index contributed by atoms with van der Waals surface area (Å²) in [4.78, 5) is 60.5. The summed E-state index contributed by atoms with van der Waals surface area (Å²) < 4.78 is 39.2. The van der Waals surface area contributed by atoms with Gasteiger partial charge in [-0.15, -0.1) is 6.58 Å². The van der Waals surface area contributed by atoms with E-state index in [2.05, 4.69) is 42.8 Å². The number of aromatic nitrogens is 1. The summed E-state index contributed by atoms with van der Waals surface area (Å²) in [5, 5.41) is 16.2. The van der Waals surface area contributed by atoms with E-state index in [-0.39, 0.29) is 35.6 Å². The lowest BCUT2D eigenvalue weighted by atomic mass is 9.85. The number of rotatable bonds is 11. The van der Waals surface area contributed by atoms with E-state index in [1.54, 1.807) is 65.8 Å². The molecular formula is C34H46BrN5O9S. The van der Waals surface area contributed by atoms with E-state index in [1.807, 2.05) is 0 Å². The molecule has 1 saturated heterocycles. The first-order valence-corrected chi connectivity index (χ1v) is 18.6. The predicted octanol–water partition coefficient (Wildman–Crippen LogP) is 4.05. The fraction of sp³-hybridized carbons (Fsp3) is 0.559. The van der Waals surface area contributed by atoms with E-state index in [4.69, 9.17) is 9.47 Å². The Hall–Kier alpha value is -3.92. The summed E-state index contributed by atoms with van der Waals surface area (Å²) >= 11 is 3.26. The van der Waals surface area contributed by atoms with Crippen LogP contribution in [0.3, 0.4) is 0 Å². The number of carbonyl (C=O) groups excluding carboxylic acids is 4. The molecule has 0 unspecified atom stereocenters. The van der Waals surface area contributed by atoms with Gasteiger partial charge in [0.1, 0.15) is 29.3 Å². The Bertz CT molecular complexity index is 1790. The van der Waals surface area contributed by atoms with Crippen LogP contribution in [0.2, 0.25) is 0 Å². The monoisotopic (exact) mass is 779 g/mol. The molecule has 14 nitrogen and oxygen atoms in total. The minimum absolute atomic E-state index is 0.0540. The van der Waals surface area contributed by atoms with Crippen molar-refractivity contribution in [3.63, 3.8) is 0 Å². The van der Waals surface area contributed by atoms with E-state index >= 15 is 0 Å². The van der Waals surface area contributed by atoms with Crippen LogP contribution < -0.4 is 20.1 Å². The average molecular weight is 781 g/mol. The SMILES string of the molecule is C=CC[C@](C)(NC(=O)[C@H]1C[C@@H](Oc2nc(Br)c(O)c3ccccc23)CN1C(=O)[C@@H](NC(=O)OC(C)(C)C)C(C)(C)C)C(=O)NS(=O)(=O)C1CC1. The maximum atomic E-state index is 14.4. The molecule has 0 radical (unpaired) electrons. The third-order valence-electron chi connectivity index (χ3n) is 8.36. The molecule has 0 spiro atoms. The lowest BCUT2D eigenvalue weighted by Gasteiger charge is -2.36. The maximum Gasteiger partial charge on any atom is 0.408 e. The molecule has 1 aromatic heterocycles. The molecule has 4 N–H and O–H groups in total. The Morgan fingerprint density at radius 2 is 1.72 bits per heavy atom. The van der Waals surface area contributed by atoms with Crippen molar-refractivity contribution in [3.8, 4) is 11.6 Å². The van der Waals surface area contributed by atoms with Crippen molar-refractivity contribution in [3.05, 3.63) is 41.5 Å². The van der Waals surface area contributed by atoms with Crippen LogP contribution in [0.5, 0.6) is 11.6 Å². The molecule has 0 bridgehead atoms. The number of halogens is 1. The Balaban J connectivity index is 1.69. The molecule has 1 aliphatic carbocycles. The molecule has 1 aromatic carbocycles. The van der Waals surface area contributed by atoms with E-state index < -0.39 is 73.8 Å².